The average molecular weight is 377 g/mol. The number of aryl methyl sites for hydroxylation is 1. The standard InChI is InChI=1S/C22H27N5O/c1-17-7-6-10-21-25-18(16-27(17)21)15-24-22(23-2)26-13-11-20(12-14-26)28-19-8-4-3-5-9-19/h3-10,16,20H,11-15H2,1-2H3,(H,23,24). The Bertz CT molecular complexity index is 942. The normalized spacial score (nSPS) is 15.8. The van der Waals surface area contributed by atoms with Gasteiger partial charge in [-0.1, -0.05) is 24.3 Å². The molecule has 6 heteroatoms. The molecule has 0 unspecified atom stereocenters. The van der Waals surface area contributed by atoms with Crippen LogP contribution in [0, 0.1) is 6.92 Å². The van der Waals surface area contributed by atoms with Gasteiger partial charge in [0.15, 0.2) is 5.96 Å². The Labute approximate surface area is 165 Å². The lowest BCUT2D eigenvalue weighted by Gasteiger charge is -2.34. The number of aromatic nitrogens is 2. The molecule has 3 aromatic rings. The Morgan fingerprint density at radius 3 is 2.64 bits per heavy atom. The van der Waals surface area contributed by atoms with E-state index in [1.165, 1.54) is 5.69 Å². The van der Waals surface area contributed by atoms with Crippen LogP contribution in [0.1, 0.15) is 24.2 Å². The van der Waals surface area contributed by atoms with Crippen molar-refractivity contribution in [1.29, 1.82) is 0 Å². The molecule has 1 aliphatic rings. The number of ether oxygens (including phenoxy) is 1. The van der Waals surface area contributed by atoms with E-state index in [9.17, 15) is 0 Å². The summed E-state index contributed by atoms with van der Waals surface area (Å²) in [5.41, 5.74) is 3.17. The molecule has 0 atom stereocenters. The number of hydrogen-bond acceptors (Lipinski definition) is 3. The third kappa shape index (κ3) is 4.11. The van der Waals surface area contributed by atoms with Crippen molar-refractivity contribution >= 4 is 11.6 Å². The minimum absolute atomic E-state index is 0.262. The van der Waals surface area contributed by atoms with Gasteiger partial charge in [0.25, 0.3) is 0 Å². The van der Waals surface area contributed by atoms with E-state index >= 15 is 0 Å². The second-order valence-electron chi connectivity index (χ2n) is 7.15. The van der Waals surface area contributed by atoms with Crippen LogP contribution in [0.2, 0.25) is 0 Å². The van der Waals surface area contributed by atoms with Gasteiger partial charge in [-0.3, -0.25) is 4.99 Å². The lowest BCUT2D eigenvalue weighted by molar-refractivity contribution is 0.129. The molecule has 6 nitrogen and oxygen atoms in total. The molecule has 1 N–H and O–H groups in total. The fraction of sp³-hybridized carbons (Fsp3) is 0.364. The Balaban J connectivity index is 1.31. The Hall–Kier alpha value is -3.02. The number of nitrogens with zero attached hydrogens (tertiary/aromatic N) is 4. The van der Waals surface area contributed by atoms with E-state index in [2.05, 4.69) is 38.8 Å². The number of hydrogen-bond donors (Lipinski definition) is 1. The van der Waals surface area contributed by atoms with Gasteiger partial charge < -0.3 is 19.4 Å². The number of fused-ring (bicyclic) bond motifs is 1. The van der Waals surface area contributed by atoms with Gasteiger partial charge in [0, 0.05) is 44.9 Å². The highest BCUT2D eigenvalue weighted by Gasteiger charge is 2.22. The molecule has 146 valence electrons. The summed E-state index contributed by atoms with van der Waals surface area (Å²) >= 11 is 0. The first-order valence-corrected chi connectivity index (χ1v) is 9.84. The number of benzene rings is 1. The van der Waals surface area contributed by atoms with Crippen LogP contribution in [0.4, 0.5) is 0 Å². The minimum Gasteiger partial charge on any atom is -0.490 e. The van der Waals surface area contributed by atoms with Crippen LogP contribution in [0.25, 0.3) is 5.65 Å². The van der Waals surface area contributed by atoms with E-state index in [0.717, 1.165) is 49.0 Å². The smallest absolute Gasteiger partial charge is 0.193 e. The van der Waals surface area contributed by atoms with E-state index in [-0.39, 0.29) is 6.10 Å². The Kier molecular flexibility index (Phi) is 5.46. The maximum Gasteiger partial charge on any atom is 0.193 e. The van der Waals surface area contributed by atoms with Gasteiger partial charge in [-0.25, -0.2) is 4.98 Å². The molecule has 1 aromatic carbocycles. The Morgan fingerprint density at radius 1 is 1.14 bits per heavy atom. The first-order valence-electron chi connectivity index (χ1n) is 9.84. The second-order valence-corrected chi connectivity index (χ2v) is 7.15. The largest absolute Gasteiger partial charge is 0.490 e. The molecule has 0 amide bonds. The molecule has 0 bridgehead atoms. The highest BCUT2D eigenvalue weighted by molar-refractivity contribution is 5.79. The summed E-state index contributed by atoms with van der Waals surface area (Å²) in [6, 6.07) is 16.2. The number of nitrogens with one attached hydrogen (secondary N) is 1. The van der Waals surface area contributed by atoms with Crippen molar-refractivity contribution in [3.63, 3.8) is 0 Å². The number of imidazole rings is 1. The number of rotatable bonds is 4. The van der Waals surface area contributed by atoms with Gasteiger partial charge in [0.05, 0.1) is 12.2 Å². The molecule has 3 heterocycles. The fourth-order valence-electron chi connectivity index (χ4n) is 3.66. The van der Waals surface area contributed by atoms with E-state index < -0.39 is 0 Å². The lowest BCUT2D eigenvalue weighted by atomic mass is 10.1. The van der Waals surface area contributed by atoms with Gasteiger partial charge in [0.1, 0.15) is 17.5 Å². The van der Waals surface area contributed by atoms with Crippen molar-refractivity contribution < 1.29 is 4.74 Å². The molecular weight excluding hydrogens is 350 g/mol. The molecule has 2 aromatic heterocycles. The monoisotopic (exact) mass is 377 g/mol. The predicted molar refractivity (Wildman–Crippen MR) is 112 cm³/mol. The quantitative estimate of drug-likeness (QED) is 0.560. The number of likely N-dealkylation sites (tertiary alicyclic amines) is 1. The predicted octanol–water partition coefficient (Wildman–Crippen LogP) is 3.26. The van der Waals surface area contributed by atoms with Crippen molar-refractivity contribution in [2.24, 2.45) is 4.99 Å². The van der Waals surface area contributed by atoms with E-state index in [1.807, 2.05) is 49.5 Å². The number of piperidine rings is 1. The van der Waals surface area contributed by atoms with Crippen molar-refractivity contribution in [2.75, 3.05) is 20.1 Å². The maximum atomic E-state index is 6.09. The summed E-state index contributed by atoms with van der Waals surface area (Å²) < 4.78 is 8.21. The molecule has 0 radical (unpaired) electrons. The first-order chi connectivity index (χ1) is 13.7. The number of aliphatic imine (C=N–C) groups is 1. The number of para-hydroxylation sites is 1. The summed E-state index contributed by atoms with van der Waals surface area (Å²) in [4.78, 5) is 11.5. The van der Waals surface area contributed by atoms with Crippen molar-refractivity contribution in [3.8, 4) is 5.75 Å². The SMILES string of the molecule is CN=C(NCc1cn2c(C)cccc2n1)N1CCC(Oc2ccccc2)CC1. The van der Waals surface area contributed by atoms with Gasteiger partial charge in [-0.05, 0) is 31.2 Å². The highest BCUT2D eigenvalue weighted by atomic mass is 16.5. The van der Waals surface area contributed by atoms with Crippen LogP contribution in [-0.2, 0) is 6.54 Å². The zero-order valence-corrected chi connectivity index (χ0v) is 16.5. The fourth-order valence-corrected chi connectivity index (χ4v) is 3.66. The zero-order valence-electron chi connectivity index (χ0n) is 16.5. The zero-order chi connectivity index (χ0) is 19.3. The molecule has 1 aliphatic heterocycles. The van der Waals surface area contributed by atoms with Crippen LogP contribution in [-0.4, -0.2) is 46.5 Å². The summed E-state index contributed by atoms with van der Waals surface area (Å²) in [7, 11) is 1.84. The summed E-state index contributed by atoms with van der Waals surface area (Å²) in [5, 5.41) is 3.46. The lowest BCUT2D eigenvalue weighted by Crippen LogP contribution is -2.47. The highest BCUT2D eigenvalue weighted by Crippen LogP contribution is 2.18. The molecular formula is C22H27N5O. The number of pyridine rings is 1. The first kappa shape index (κ1) is 18.3. The van der Waals surface area contributed by atoms with E-state index in [4.69, 9.17) is 9.72 Å². The number of guanidine groups is 1. The van der Waals surface area contributed by atoms with Crippen LogP contribution in [0.3, 0.4) is 0 Å². The summed E-state index contributed by atoms with van der Waals surface area (Å²) in [6.07, 6.45) is 4.33. The summed E-state index contributed by atoms with van der Waals surface area (Å²) in [6.45, 7) is 4.61. The third-order valence-electron chi connectivity index (χ3n) is 5.17. The van der Waals surface area contributed by atoms with Gasteiger partial charge in [-0.2, -0.15) is 0 Å². The van der Waals surface area contributed by atoms with Gasteiger partial charge in [-0.15, -0.1) is 0 Å². The van der Waals surface area contributed by atoms with Crippen LogP contribution >= 0.6 is 0 Å². The van der Waals surface area contributed by atoms with Crippen LogP contribution in [0.15, 0.2) is 59.7 Å². The average Bonchev–Trinajstić information content (AvgIpc) is 3.15. The van der Waals surface area contributed by atoms with Crippen molar-refractivity contribution in [3.05, 3.63) is 66.1 Å². The Morgan fingerprint density at radius 2 is 1.93 bits per heavy atom. The van der Waals surface area contributed by atoms with Crippen LogP contribution < -0.4 is 10.1 Å². The molecule has 1 saturated heterocycles. The summed E-state index contributed by atoms with van der Waals surface area (Å²) in [5.74, 6) is 1.87. The third-order valence-corrected chi connectivity index (χ3v) is 5.17. The van der Waals surface area contributed by atoms with Crippen molar-refractivity contribution in [2.45, 2.75) is 32.4 Å². The molecule has 28 heavy (non-hydrogen) atoms. The van der Waals surface area contributed by atoms with Gasteiger partial charge in [0.2, 0.25) is 0 Å². The second kappa shape index (κ2) is 8.33. The molecule has 0 spiro atoms. The molecule has 1 fully saturated rings. The maximum absolute atomic E-state index is 6.09. The van der Waals surface area contributed by atoms with E-state index in [1.54, 1.807) is 0 Å². The molecule has 4 rings (SSSR count). The topological polar surface area (TPSA) is 54.2 Å². The van der Waals surface area contributed by atoms with Crippen molar-refractivity contribution in [1.82, 2.24) is 19.6 Å². The van der Waals surface area contributed by atoms with Gasteiger partial charge >= 0.3 is 0 Å². The van der Waals surface area contributed by atoms with Crippen LogP contribution in [0.5, 0.6) is 5.75 Å². The van der Waals surface area contributed by atoms with E-state index in [0.29, 0.717) is 6.54 Å². The molecule has 0 aliphatic carbocycles. The minimum atomic E-state index is 0.262. The molecule has 0 saturated carbocycles.